The summed E-state index contributed by atoms with van der Waals surface area (Å²) in [5.41, 5.74) is 8.88. The molecule has 1 aromatic rings. The Labute approximate surface area is 120 Å². The maximum Gasteiger partial charge on any atom is 0.119 e. The molecule has 0 radical (unpaired) electrons. The number of benzene rings is 1. The van der Waals surface area contributed by atoms with Crippen LogP contribution in [-0.2, 0) is 11.2 Å². The number of nitrogens with two attached hydrogens (primary N) is 1. The van der Waals surface area contributed by atoms with E-state index in [-0.39, 0.29) is 12.1 Å². The molecule has 0 bridgehead atoms. The van der Waals surface area contributed by atoms with E-state index in [1.807, 2.05) is 6.92 Å². The predicted molar refractivity (Wildman–Crippen MR) is 79.0 cm³/mol. The van der Waals surface area contributed by atoms with Crippen molar-refractivity contribution in [1.82, 2.24) is 4.90 Å². The van der Waals surface area contributed by atoms with Gasteiger partial charge in [0.15, 0.2) is 0 Å². The average Bonchev–Trinajstić information content (AvgIpc) is 2.90. The topological polar surface area (TPSA) is 47.7 Å². The predicted octanol–water partition coefficient (Wildman–Crippen LogP) is 1.73. The number of hydrogen-bond donors (Lipinski definition) is 1. The van der Waals surface area contributed by atoms with Crippen molar-refractivity contribution < 1.29 is 9.47 Å². The lowest BCUT2D eigenvalue weighted by molar-refractivity contribution is -0.0519. The fraction of sp³-hybridized carbons (Fsp3) is 0.625. The van der Waals surface area contributed by atoms with Gasteiger partial charge in [-0.2, -0.15) is 0 Å². The molecule has 0 aromatic heterocycles. The second-order valence-corrected chi connectivity index (χ2v) is 5.88. The second-order valence-electron chi connectivity index (χ2n) is 5.88. The van der Waals surface area contributed by atoms with Gasteiger partial charge >= 0.3 is 0 Å². The number of methoxy groups -OCH3 is 1. The summed E-state index contributed by atoms with van der Waals surface area (Å²) in [6.45, 7) is 4.73. The maximum absolute atomic E-state index is 6.00. The highest BCUT2D eigenvalue weighted by molar-refractivity contribution is 5.40. The molecule has 0 spiro atoms. The molecule has 1 aliphatic heterocycles. The number of ether oxygens (including phenoxy) is 2. The first-order valence-corrected chi connectivity index (χ1v) is 7.47. The molecular formula is C16H24N2O2. The lowest BCUT2D eigenvalue weighted by atomic mass is 10.0. The number of hydrogen-bond acceptors (Lipinski definition) is 4. The molecule has 0 saturated carbocycles. The van der Waals surface area contributed by atoms with Gasteiger partial charge in [0.1, 0.15) is 5.75 Å². The first-order chi connectivity index (χ1) is 9.69. The monoisotopic (exact) mass is 276 g/mol. The summed E-state index contributed by atoms with van der Waals surface area (Å²) in [6, 6.07) is 7.04. The first-order valence-electron chi connectivity index (χ1n) is 7.47. The largest absolute Gasteiger partial charge is 0.497 e. The van der Waals surface area contributed by atoms with Crippen molar-refractivity contribution in [1.29, 1.82) is 0 Å². The van der Waals surface area contributed by atoms with Gasteiger partial charge < -0.3 is 15.2 Å². The van der Waals surface area contributed by atoms with Gasteiger partial charge in [-0.25, -0.2) is 0 Å². The van der Waals surface area contributed by atoms with Crippen LogP contribution >= 0.6 is 0 Å². The van der Waals surface area contributed by atoms with Crippen LogP contribution < -0.4 is 10.5 Å². The summed E-state index contributed by atoms with van der Waals surface area (Å²) in [5, 5.41) is 0. The molecule has 0 amide bonds. The quantitative estimate of drug-likeness (QED) is 0.913. The molecule has 110 valence electrons. The number of morpholine rings is 1. The van der Waals surface area contributed by atoms with Crippen molar-refractivity contribution in [3.05, 3.63) is 29.3 Å². The Morgan fingerprint density at radius 3 is 3.05 bits per heavy atom. The van der Waals surface area contributed by atoms with Crippen LogP contribution in [0.15, 0.2) is 18.2 Å². The van der Waals surface area contributed by atoms with Gasteiger partial charge in [-0.05, 0) is 43.0 Å². The molecule has 4 heteroatoms. The van der Waals surface area contributed by atoms with E-state index in [9.17, 15) is 0 Å². The number of fused-ring (bicyclic) bond motifs is 1. The normalized spacial score (nSPS) is 28.1. The molecule has 1 fully saturated rings. The molecule has 1 aromatic carbocycles. The number of aryl methyl sites for hydroxylation is 1. The Morgan fingerprint density at radius 1 is 1.45 bits per heavy atom. The second kappa shape index (κ2) is 5.72. The molecule has 1 saturated heterocycles. The van der Waals surface area contributed by atoms with Gasteiger partial charge in [-0.15, -0.1) is 0 Å². The molecule has 3 atom stereocenters. The zero-order valence-electron chi connectivity index (χ0n) is 12.3. The minimum Gasteiger partial charge on any atom is -0.497 e. The minimum absolute atomic E-state index is 0.0870. The van der Waals surface area contributed by atoms with Crippen LogP contribution in [0, 0.1) is 0 Å². The summed E-state index contributed by atoms with van der Waals surface area (Å²) < 4.78 is 11.1. The summed E-state index contributed by atoms with van der Waals surface area (Å²) in [6.07, 6.45) is 2.50. The van der Waals surface area contributed by atoms with E-state index in [1.165, 1.54) is 17.5 Å². The van der Waals surface area contributed by atoms with Crippen LogP contribution in [0.3, 0.4) is 0 Å². The summed E-state index contributed by atoms with van der Waals surface area (Å²) in [5.74, 6) is 0.952. The lowest BCUT2D eigenvalue weighted by Crippen LogP contribution is -2.50. The Morgan fingerprint density at radius 2 is 2.30 bits per heavy atom. The lowest BCUT2D eigenvalue weighted by Gasteiger charge is -2.38. The average molecular weight is 276 g/mol. The van der Waals surface area contributed by atoms with Crippen LogP contribution in [0.25, 0.3) is 0 Å². The van der Waals surface area contributed by atoms with E-state index >= 15 is 0 Å². The summed E-state index contributed by atoms with van der Waals surface area (Å²) in [4.78, 5) is 2.53. The van der Waals surface area contributed by atoms with E-state index in [2.05, 4.69) is 23.1 Å². The fourth-order valence-electron chi connectivity index (χ4n) is 3.36. The number of nitrogens with zero attached hydrogens (tertiary/aromatic N) is 1. The smallest absolute Gasteiger partial charge is 0.119 e. The van der Waals surface area contributed by atoms with Crippen LogP contribution in [-0.4, -0.2) is 43.9 Å². The van der Waals surface area contributed by atoms with E-state index in [4.69, 9.17) is 15.2 Å². The highest BCUT2D eigenvalue weighted by Crippen LogP contribution is 2.38. The van der Waals surface area contributed by atoms with Crippen molar-refractivity contribution >= 4 is 0 Å². The molecule has 1 heterocycles. The standard InChI is InChI=1S/C16H24N2O2/c1-11(17)16-10-18(7-8-20-16)15-6-4-12-3-5-13(19-2)9-14(12)15/h3,5,9,11,15-16H,4,6-8,10,17H2,1-2H3. The van der Waals surface area contributed by atoms with E-state index in [1.54, 1.807) is 7.11 Å². The Kier molecular flexibility index (Phi) is 3.96. The van der Waals surface area contributed by atoms with Gasteiger partial charge in [0.25, 0.3) is 0 Å². The summed E-state index contributed by atoms with van der Waals surface area (Å²) in [7, 11) is 1.73. The third-order valence-corrected chi connectivity index (χ3v) is 4.55. The highest BCUT2D eigenvalue weighted by Gasteiger charge is 2.33. The van der Waals surface area contributed by atoms with Gasteiger partial charge in [0.05, 0.1) is 19.8 Å². The van der Waals surface area contributed by atoms with Crippen molar-refractivity contribution in [3.8, 4) is 5.75 Å². The molecule has 4 nitrogen and oxygen atoms in total. The molecule has 3 rings (SSSR count). The Hall–Kier alpha value is -1.10. The Bertz CT molecular complexity index is 476. The van der Waals surface area contributed by atoms with Crippen molar-refractivity contribution in [2.75, 3.05) is 26.8 Å². The van der Waals surface area contributed by atoms with Crippen LogP contribution in [0.4, 0.5) is 0 Å². The Balaban J connectivity index is 1.79. The molecule has 1 aliphatic carbocycles. The molecule has 20 heavy (non-hydrogen) atoms. The van der Waals surface area contributed by atoms with Gasteiger partial charge in [-0.3, -0.25) is 4.90 Å². The van der Waals surface area contributed by atoms with Crippen molar-refractivity contribution in [2.45, 2.75) is 38.0 Å². The van der Waals surface area contributed by atoms with E-state index in [0.29, 0.717) is 6.04 Å². The van der Waals surface area contributed by atoms with E-state index in [0.717, 1.165) is 31.9 Å². The molecule has 3 unspecified atom stereocenters. The molecule has 2 aliphatic rings. The van der Waals surface area contributed by atoms with Crippen LogP contribution in [0.2, 0.25) is 0 Å². The summed E-state index contributed by atoms with van der Waals surface area (Å²) >= 11 is 0. The minimum atomic E-state index is 0.0870. The highest BCUT2D eigenvalue weighted by atomic mass is 16.5. The van der Waals surface area contributed by atoms with Crippen LogP contribution in [0.5, 0.6) is 5.75 Å². The van der Waals surface area contributed by atoms with Crippen molar-refractivity contribution in [3.63, 3.8) is 0 Å². The fourth-order valence-corrected chi connectivity index (χ4v) is 3.36. The third kappa shape index (κ3) is 2.55. The first kappa shape index (κ1) is 13.9. The molecule has 2 N–H and O–H groups in total. The molecular weight excluding hydrogens is 252 g/mol. The van der Waals surface area contributed by atoms with Gasteiger partial charge in [-0.1, -0.05) is 6.07 Å². The zero-order chi connectivity index (χ0) is 14.1. The van der Waals surface area contributed by atoms with E-state index < -0.39 is 0 Å². The van der Waals surface area contributed by atoms with Crippen LogP contribution in [0.1, 0.15) is 30.5 Å². The van der Waals surface area contributed by atoms with Gasteiger partial charge in [0, 0.05) is 25.2 Å². The van der Waals surface area contributed by atoms with Crippen molar-refractivity contribution in [2.24, 2.45) is 5.73 Å². The SMILES string of the molecule is COc1ccc2c(c1)C(N1CCOC(C(C)N)C1)CC2. The zero-order valence-corrected chi connectivity index (χ0v) is 12.3. The number of rotatable bonds is 3. The maximum atomic E-state index is 6.00. The van der Waals surface area contributed by atoms with Gasteiger partial charge in [0.2, 0.25) is 0 Å². The third-order valence-electron chi connectivity index (χ3n) is 4.55.